The molecule has 7 nitrogen and oxygen atoms in total. The van der Waals surface area contributed by atoms with Crippen molar-refractivity contribution in [3.63, 3.8) is 0 Å². The highest BCUT2D eigenvalue weighted by Gasteiger charge is 2.21. The van der Waals surface area contributed by atoms with Gasteiger partial charge in [0, 0.05) is 6.54 Å². The summed E-state index contributed by atoms with van der Waals surface area (Å²) in [6, 6.07) is 15.8. The van der Waals surface area contributed by atoms with Crippen LogP contribution in [0, 0.1) is 13.8 Å². The van der Waals surface area contributed by atoms with Crippen molar-refractivity contribution in [2.24, 2.45) is 5.10 Å². The average Bonchev–Trinajstić information content (AvgIpc) is 3.19. The van der Waals surface area contributed by atoms with Gasteiger partial charge in [0.15, 0.2) is 11.3 Å². The van der Waals surface area contributed by atoms with Crippen LogP contribution in [0.1, 0.15) is 49.1 Å². The molecule has 6 rings (SSSR count). The normalized spacial score (nSPS) is 14.3. The number of hydrogen-bond donors (Lipinski definition) is 0. The number of aromatic nitrogens is 5. The number of para-hydroxylation sites is 2. The Balaban J connectivity index is 1.55. The summed E-state index contributed by atoms with van der Waals surface area (Å²) in [6.45, 7) is 4.55. The third-order valence-corrected chi connectivity index (χ3v) is 6.97. The van der Waals surface area contributed by atoms with Crippen LogP contribution < -0.4 is 5.56 Å². The highest BCUT2D eigenvalue weighted by Crippen LogP contribution is 2.26. The molecule has 36 heavy (non-hydrogen) atoms. The first-order chi connectivity index (χ1) is 17.6. The largest absolute Gasteiger partial charge is 0.296 e. The van der Waals surface area contributed by atoms with Gasteiger partial charge in [-0.2, -0.15) is 9.78 Å². The van der Waals surface area contributed by atoms with E-state index in [-0.39, 0.29) is 5.56 Å². The third kappa shape index (κ3) is 4.00. The van der Waals surface area contributed by atoms with Gasteiger partial charge in [-0.15, -0.1) is 0 Å². The highest BCUT2D eigenvalue weighted by atomic mass is 16.1. The highest BCUT2D eigenvalue weighted by molar-refractivity contribution is 6.05. The van der Waals surface area contributed by atoms with E-state index in [9.17, 15) is 4.79 Å². The summed E-state index contributed by atoms with van der Waals surface area (Å²) in [5.74, 6) is 0.669. The maximum absolute atomic E-state index is 13.9. The zero-order chi connectivity index (χ0) is 24.6. The van der Waals surface area contributed by atoms with Crippen molar-refractivity contribution < 1.29 is 0 Å². The van der Waals surface area contributed by atoms with E-state index in [1.807, 2.05) is 55.5 Å². The maximum atomic E-state index is 13.9. The van der Waals surface area contributed by atoms with Crippen molar-refractivity contribution in [3.05, 3.63) is 87.5 Å². The second kappa shape index (κ2) is 9.15. The lowest BCUT2D eigenvalue weighted by Gasteiger charge is -2.14. The lowest BCUT2D eigenvalue weighted by atomic mass is 9.97. The molecule has 0 saturated carbocycles. The molecule has 0 bridgehead atoms. The monoisotopic (exact) mass is 476 g/mol. The number of allylic oxidation sites excluding steroid dienone is 2. The molecule has 180 valence electrons. The van der Waals surface area contributed by atoms with Gasteiger partial charge in [-0.3, -0.25) is 9.36 Å². The molecule has 0 spiro atoms. The topological polar surface area (TPSA) is 78.0 Å². The molecular formula is C29H28N6O. The third-order valence-electron chi connectivity index (χ3n) is 6.97. The lowest BCUT2D eigenvalue weighted by Crippen LogP contribution is -2.24. The van der Waals surface area contributed by atoms with E-state index in [4.69, 9.17) is 20.1 Å². The van der Waals surface area contributed by atoms with Crippen molar-refractivity contribution in [2.75, 3.05) is 0 Å². The molecule has 0 fully saturated rings. The van der Waals surface area contributed by atoms with E-state index in [2.05, 4.69) is 13.0 Å². The Morgan fingerprint density at radius 2 is 1.72 bits per heavy atom. The first kappa shape index (κ1) is 22.3. The van der Waals surface area contributed by atoms with E-state index < -0.39 is 0 Å². The Labute approximate surface area is 208 Å². The fourth-order valence-electron chi connectivity index (χ4n) is 4.95. The summed E-state index contributed by atoms with van der Waals surface area (Å²) < 4.78 is 3.44. The molecule has 0 aliphatic heterocycles. The summed E-state index contributed by atoms with van der Waals surface area (Å²) >= 11 is 0. The number of hydrogen-bond acceptors (Lipinski definition) is 5. The molecule has 0 atom stereocenters. The molecule has 0 saturated heterocycles. The molecule has 2 aromatic carbocycles. The summed E-state index contributed by atoms with van der Waals surface area (Å²) in [5, 5.41) is 5.20. The van der Waals surface area contributed by atoms with Crippen LogP contribution in [0.15, 0.2) is 70.1 Å². The number of aryl methyl sites for hydroxylation is 2. The van der Waals surface area contributed by atoms with E-state index in [0.717, 1.165) is 35.9 Å². The van der Waals surface area contributed by atoms with E-state index in [0.29, 0.717) is 34.6 Å². The SMILES string of the molecule is Cc1ccc(/C=N\n2c3nc4ccccc4nc3c3c(=O)n(CCC4=CCCCC4)c(C)nc32)cc1. The predicted octanol–water partition coefficient (Wildman–Crippen LogP) is 5.68. The summed E-state index contributed by atoms with van der Waals surface area (Å²) in [7, 11) is 0. The lowest BCUT2D eigenvalue weighted by molar-refractivity contribution is 0.597. The van der Waals surface area contributed by atoms with Crippen LogP contribution in [0.2, 0.25) is 0 Å². The van der Waals surface area contributed by atoms with Crippen LogP contribution >= 0.6 is 0 Å². The standard InChI is InChI=1S/C29H28N6O/c1-19-12-14-22(15-13-19)18-30-35-27-25(26-28(35)33-24-11-7-6-10-23(24)32-26)29(36)34(20(2)31-27)17-16-21-8-4-3-5-9-21/h6-8,10-15,18H,3-5,9,16-17H2,1-2H3/b30-18-. The average molecular weight is 477 g/mol. The Morgan fingerprint density at radius 3 is 2.47 bits per heavy atom. The Hall–Kier alpha value is -4.13. The van der Waals surface area contributed by atoms with Crippen molar-refractivity contribution in [1.82, 2.24) is 24.2 Å². The fourth-order valence-corrected chi connectivity index (χ4v) is 4.95. The number of nitrogens with zero attached hydrogens (tertiary/aromatic N) is 6. The number of benzene rings is 2. The molecule has 0 amide bonds. The van der Waals surface area contributed by atoms with Crippen molar-refractivity contribution in [1.29, 1.82) is 0 Å². The first-order valence-corrected chi connectivity index (χ1v) is 12.6. The minimum absolute atomic E-state index is 0.0900. The van der Waals surface area contributed by atoms with Crippen molar-refractivity contribution in [3.8, 4) is 0 Å². The minimum atomic E-state index is -0.0900. The van der Waals surface area contributed by atoms with E-state index in [1.165, 1.54) is 24.0 Å². The zero-order valence-corrected chi connectivity index (χ0v) is 20.6. The molecular weight excluding hydrogens is 448 g/mol. The van der Waals surface area contributed by atoms with Gasteiger partial charge in [-0.05, 0) is 63.6 Å². The Kier molecular flexibility index (Phi) is 5.68. The predicted molar refractivity (Wildman–Crippen MR) is 145 cm³/mol. The summed E-state index contributed by atoms with van der Waals surface area (Å²) in [4.78, 5) is 28.4. The second-order valence-corrected chi connectivity index (χ2v) is 9.52. The zero-order valence-electron chi connectivity index (χ0n) is 20.6. The Bertz CT molecular complexity index is 1720. The van der Waals surface area contributed by atoms with Crippen molar-refractivity contribution >= 4 is 39.4 Å². The number of fused-ring (bicyclic) bond motifs is 4. The Morgan fingerprint density at radius 1 is 0.944 bits per heavy atom. The van der Waals surface area contributed by atoms with Gasteiger partial charge in [0.2, 0.25) is 0 Å². The molecule has 0 unspecified atom stereocenters. The van der Waals surface area contributed by atoms with Gasteiger partial charge in [-0.25, -0.2) is 15.0 Å². The van der Waals surface area contributed by atoms with Crippen LogP contribution in [0.4, 0.5) is 0 Å². The molecule has 0 radical (unpaired) electrons. The van der Waals surface area contributed by atoms with Gasteiger partial charge >= 0.3 is 0 Å². The van der Waals surface area contributed by atoms with Crippen molar-refractivity contribution in [2.45, 2.75) is 52.5 Å². The smallest absolute Gasteiger partial charge is 0.265 e. The van der Waals surface area contributed by atoms with E-state index in [1.54, 1.807) is 15.5 Å². The van der Waals surface area contributed by atoms with Gasteiger partial charge in [0.05, 0.1) is 17.2 Å². The van der Waals surface area contributed by atoms with Crippen LogP contribution in [0.3, 0.4) is 0 Å². The molecule has 7 heteroatoms. The molecule has 3 heterocycles. The molecule has 3 aromatic heterocycles. The molecule has 0 N–H and O–H groups in total. The summed E-state index contributed by atoms with van der Waals surface area (Å²) in [5.41, 5.74) is 6.53. The first-order valence-electron chi connectivity index (χ1n) is 12.6. The summed E-state index contributed by atoms with van der Waals surface area (Å²) in [6.07, 6.45) is 9.71. The van der Waals surface area contributed by atoms with E-state index >= 15 is 0 Å². The quantitative estimate of drug-likeness (QED) is 0.241. The van der Waals surface area contributed by atoms with Gasteiger partial charge in [0.1, 0.15) is 16.7 Å². The van der Waals surface area contributed by atoms with Gasteiger partial charge < -0.3 is 0 Å². The fraction of sp³-hybridized carbons (Fsp3) is 0.276. The van der Waals surface area contributed by atoms with Gasteiger partial charge in [0.25, 0.3) is 5.56 Å². The molecule has 1 aliphatic carbocycles. The van der Waals surface area contributed by atoms with Crippen LogP contribution in [0.5, 0.6) is 0 Å². The molecule has 1 aliphatic rings. The second-order valence-electron chi connectivity index (χ2n) is 9.52. The van der Waals surface area contributed by atoms with Crippen LogP contribution in [-0.4, -0.2) is 30.4 Å². The minimum Gasteiger partial charge on any atom is -0.296 e. The van der Waals surface area contributed by atoms with Crippen LogP contribution in [0.25, 0.3) is 33.2 Å². The number of rotatable bonds is 5. The van der Waals surface area contributed by atoms with Crippen LogP contribution in [-0.2, 0) is 6.54 Å². The maximum Gasteiger partial charge on any atom is 0.265 e. The van der Waals surface area contributed by atoms with Gasteiger partial charge in [-0.1, -0.05) is 53.6 Å². The molecule has 5 aromatic rings.